The van der Waals surface area contributed by atoms with Crippen molar-refractivity contribution in [2.45, 2.75) is 64.2 Å². The first-order valence-corrected chi connectivity index (χ1v) is 25.7. The first-order chi connectivity index (χ1) is 34.6. The van der Waals surface area contributed by atoms with Gasteiger partial charge in [-0.1, -0.05) is 163 Å². The quantitative estimate of drug-likeness (QED) is 0.149. The zero-order chi connectivity index (χ0) is 46.3. The molecular formula is C68H55NO. The van der Waals surface area contributed by atoms with Crippen LogP contribution < -0.4 is 0 Å². The lowest BCUT2D eigenvalue weighted by molar-refractivity contribution is 0.468. The largest absolute Gasteiger partial charge is 0.456 e. The minimum Gasteiger partial charge on any atom is -0.456 e. The fourth-order valence-electron chi connectivity index (χ4n) is 12.8. The SMILES string of the molecule is Cc1ccc(CC2CCC3CC=C(c4ccc5oc6ccccc6c5c4)C=C3C3=C2CCc2c3c3ccccc3n2-c2ccc(-c3cccc(-c4ccccc4)c3)cc2)cc1-c1ccccc1C1CC1. The smallest absolute Gasteiger partial charge is 0.135 e. The topological polar surface area (TPSA) is 18.1 Å². The van der Waals surface area contributed by atoms with E-state index >= 15 is 0 Å². The number of aromatic nitrogens is 1. The second kappa shape index (κ2) is 16.8. The van der Waals surface area contributed by atoms with Crippen LogP contribution in [-0.2, 0) is 12.8 Å². The van der Waals surface area contributed by atoms with Crippen molar-refractivity contribution in [1.29, 1.82) is 0 Å². The second-order valence-electron chi connectivity index (χ2n) is 20.6. The first-order valence-electron chi connectivity index (χ1n) is 25.7. The van der Waals surface area contributed by atoms with Gasteiger partial charge in [-0.3, -0.25) is 0 Å². The Balaban J connectivity index is 0.907. The molecule has 1 saturated carbocycles. The standard InChI is InChI=1S/C68H55NO/c1-43-22-23-44(39-60(43)57-17-6-5-16-55(57)47-24-25-47)38-53-29-27-48-26-28-51(52-32-37-66-62(42-52)58-18-8-10-21-65(58)70-66)41-61(48)67-56(53)35-36-64-68(67)59-19-7-9-20-63(59)69(64)54-33-30-46(31-34-54)50-15-11-14-49(40-50)45-12-3-2-4-13-45/h2-23,28,30-34,37,39-42,47-48,53H,24-27,29,35-36,38H2,1H3. The molecule has 2 aromatic heterocycles. The van der Waals surface area contributed by atoms with Gasteiger partial charge in [0.05, 0.1) is 5.52 Å². The van der Waals surface area contributed by atoms with E-state index in [2.05, 4.69) is 212 Å². The maximum atomic E-state index is 6.31. The molecule has 0 aliphatic heterocycles. The summed E-state index contributed by atoms with van der Waals surface area (Å²) in [7, 11) is 0. The van der Waals surface area contributed by atoms with E-state index in [1.807, 2.05) is 0 Å². The summed E-state index contributed by atoms with van der Waals surface area (Å²) < 4.78 is 8.92. The summed E-state index contributed by atoms with van der Waals surface area (Å²) >= 11 is 0. The Morgan fingerprint density at radius 2 is 1.24 bits per heavy atom. The summed E-state index contributed by atoms with van der Waals surface area (Å²) in [4.78, 5) is 0. The lowest BCUT2D eigenvalue weighted by Gasteiger charge is -2.30. The number of hydrogen-bond donors (Lipinski definition) is 0. The van der Waals surface area contributed by atoms with Gasteiger partial charge in [-0.15, -0.1) is 0 Å². The van der Waals surface area contributed by atoms with Gasteiger partial charge in [0.2, 0.25) is 0 Å². The summed E-state index contributed by atoms with van der Waals surface area (Å²) in [6.07, 6.45) is 14.3. The zero-order valence-corrected chi connectivity index (χ0v) is 39.8. The summed E-state index contributed by atoms with van der Waals surface area (Å²) in [6, 6.07) is 70.2. The van der Waals surface area contributed by atoms with E-state index in [0.717, 1.165) is 36.8 Å². The Labute approximate surface area is 411 Å². The number of nitrogens with zero attached hydrogens (tertiary/aromatic N) is 1. The number of rotatable bonds is 8. The van der Waals surface area contributed by atoms with E-state index in [-0.39, 0.29) is 0 Å². The maximum absolute atomic E-state index is 6.31. The van der Waals surface area contributed by atoms with Crippen LogP contribution in [0, 0.1) is 18.8 Å². The summed E-state index contributed by atoms with van der Waals surface area (Å²) in [5.41, 5.74) is 26.8. The molecule has 0 amide bonds. The molecule has 0 bridgehead atoms. The fourth-order valence-corrected chi connectivity index (χ4v) is 12.8. The number of allylic oxidation sites excluding steroid dienone is 6. The Hall–Kier alpha value is -7.68. The molecule has 2 nitrogen and oxygen atoms in total. The molecule has 70 heavy (non-hydrogen) atoms. The molecule has 0 spiro atoms. The van der Waals surface area contributed by atoms with Crippen LogP contribution in [0.15, 0.2) is 216 Å². The second-order valence-corrected chi connectivity index (χ2v) is 20.6. The average molecular weight is 902 g/mol. The molecule has 338 valence electrons. The number of fused-ring (bicyclic) bond motifs is 9. The molecule has 2 heteroatoms. The highest BCUT2D eigenvalue weighted by Gasteiger charge is 2.37. The van der Waals surface area contributed by atoms with Crippen molar-refractivity contribution in [2.75, 3.05) is 0 Å². The molecule has 0 N–H and O–H groups in total. The Morgan fingerprint density at radius 3 is 2.10 bits per heavy atom. The molecular weight excluding hydrogens is 847 g/mol. The van der Waals surface area contributed by atoms with Crippen molar-refractivity contribution in [2.24, 2.45) is 11.8 Å². The van der Waals surface area contributed by atoms with Crippen LogP contribution in [0.2, 0.25) is 0 Å². The van der Waals surface area contributed by atoms with Gasteiger partial charge in [-0.25, -0.2) is 0 Å². The van der Waals surface area contributed by atoms with Crippen molar-refractivity contribution in [3.8, 4) is 39.1 Å². The van der Waals surface area contributed by atoms with Crippen LogP contribution >= 0.6 is 0 Å². The van der Waals surface area contributed by atoms with E-state index in [1.54, 1.807) is 5.57 Å². The van der Waals surface area contributed by atoms with Crippen LogP contribution in [0.4, 0.5) is 0 Å². The highest BCUT2D eigenvalue weighted by molar-refractivity contribution is 6.07. The van der Waals surface area contributed by atoms with Crippen molar-refractivity contribution in [3.63, 3.8) is 0 Å². The van der Waals surface area contributed by atoms with Crippen LogP contribution in [0.3, 0.4) is 0 Å². The monoisotopic (exact) mass is 901 g/mol. The molecule has 0 radical (unpaired) electrons. The first kappa shape index (κ1) is 41.3. The highest BCUT2D eigenvalue weighted by Crippen LogP contribution is 2.53. The van der Waals surface area contributed by atoms with E-state index < -0.39 is 0 Å². The lowest BCUT2D eigenvalue weighted by atomic mass is 9.74. The van der Waals surface area contributed by atoms with Crippen LogP contribution in [-0.4, -0.2) is 4.57 Å². The number of furan rings is 1. The number of benzene rings is 8. The molecule has 4 aliphatic rings. The van der Waals surface area contributed by atoms with Gasteiger partial charge >= 0.3 is 0 Å². The minimum absolute atomic E-state index is 0.453. The van der Waals surface area contributed by atoms with E-state index in [9.17, 15) is 0 Å². The third-order valence-corrected chi connectivity index (χ3v) is 16.4. The maximum Gasteiger partial charge on any atom is 0.135 e. The number of hydrogen-bond acceptors (Lipinski definition) is 1. The van der Waals surface area contributed by atoms with Gasteiger partial charge in [0.1, 0.15) is 11.2 Å². The van der Waals surface area contributed by atoms with E-state index in [4.69, 9.17) is 4.42 Å². The molecule has 8 aromatic carbocycles. The van der Waals surface area contributed by atoms with Gasteiger partial charge in [0.25, 0.3) is 0 Å². The van der Waals surface area contributed by atoms with Crippen LogP contribution in [0.5, 0.6) is 0 Å². The van der Waals surface area contributed by atoms with Gasteiger partial charge in [-0.2, -0.15) is 0 Å². The highest BCUT2D eigenvalue weighted by atomic mass is 16.3. The van der Waals surface area contributed by atoms with Crippen LogP contribution in [0.25, 0.3) is 83.1 Å². The van der Waals surface area contributed by atoms with E-state index in [0.29, 0.717) is 17.8 Å². The molecule has 10 aromatic rings. The predicted octanol–water partition coefficient (Wildman–Crippen LogP) is 18.1. The molecule has 14 rings (SSSR count). The van der Waals surface area contributed by atoms with Gasteiger partial charge in [0.15, 0.2) is 0 Å². The van der Waals surface area contributed by atoms with Crippen LogP contribution in [0.1, 0.15) is 78.0 Å². The van der Waals surface area contributed by atoms with Crippen molar-refractivity contribution >= 4 is 44.0 Å². The molecule has 2 unspecified atom stereocenters. The Morgan fingerprint density at radius 1 is 0.529 bits per heavy atom. The Kier molecular flexibility index (Phi) is 9.90. The molecule has 4 aliphatic carbocycles. The van der Waals surface area contributed by atoms with Gasteiger partial charge in [-0.05, 0) is 191 Å². The average Bonchev–Trinajstić information content (AvgIpc) is 4.15. The fraction of sp³-hybridized carbons (Fsp3) is 0.176. The van der Waals surface area contributed by atoms with E-state index in [1.165, 1.54) is 137 Å². The molecule has 2 atom stereocenters. The summed E-state index contributed by atoms with van der Waals surface area (Å²) in [5, 5.41) is 3.73. The summed E-state index contributed by atoms with van der Waals surface area (Å²) in [5.74, 6) is 1.61. The van der Waals surface area contributed by atoms with Crippen molar-refractivity contribution < 1.29 is 4.42 Å². The molecule has 0 saturated heterocycles. The normalized spacial score (nSPS) is 17.8. The molecule has 2 heterocycles. The Bertz CT molecular complexity index is 3790. The third-order valence-electron chi connectivity index (χ3n) is 16.4. The van der Waals surface area contributed by atoms with Crippen molar-refractivity contribution in [1.82, 2.24) is 4.57 Å². The molecule has 1 fully saturated rings. The van der Waals surface area contributed by atoms with Gasteiger partial charge < -0.3 is 8.98 Å². The summed E-state index contributed by atoms with van der Waals surface area (Å²) in [6.45, 7) is 2.30. The lowest BCUT2D eigenvalue weighted by Crippen LogP contribution is -2.16. The van der Waals surface area contributed by atoms with Crippen molar-refractivity contribution in [3.05, 3.63) is 245 Å². The third kappa shape index (κ3) is 7.07. The van der Waals surface area contributed by atoms with Gasteiger partial charge in [0, 0.05) is 33.1 Å². The number of para-hydroxylation sites is 2. The minimum atomic E-state index is 0.453. The zero-order valence-electron chi connectivity index (χ0n) is 39.8. The number of aryl methyl sites for hydroxylation is 1. The predicted molar refractivity (Wildman–Crippen MR) is 292 cm³/mol.